The van der Waals surface area contributed by atoms with Crippen LogP contribution in [0.25, 0.3) is 11.4 Å². The van der Waals surface area contributed by atoms with E-state index < -0.39 is 0 Å². The summed E-state index contributed by atoms with van der Waals surface area (Å²) in [5, 5.41) is 12.6. The number of halogens is 1. The topological polar surface area (TPSA) is 62.7 Å². The van der Waals surface area contributed by atoms with Gasteiger partial charge in [-0.15, -0.1) is 0 Å². The Morgan fingerprint density at radius 1 is 1.47 bits per heavy atom. The van der Waals surface area contributed by atoms with Crippen molar-refractivity contribution in [1.29, 1.82) is 5.26 Å². The number of aromatic nitrogens is 2. The average molecular weight is 320 g/mol. The van der Waals surface area contributed by atoms with E-state index in [-0.39, 0.29) is 5.92 Å². The monoisotopic (exact) mass is 319 g/mol. The molecule has 1 heterocycles. The van der Waals surface area contributed by atoms with Crippen molar-refractivity contribution >= 4 is 15.9 Å². The highest BCUT2D eigenvalue weighted by molar-refractivity contribution is 9.10. The standard InChI is InChI=1S/C14H14BrN3O/c1-9-3-4-11(12(15)7-9)14-17-13(19-18-14)8-10(2)5-6-16/h3-4,7,10H,5,8H2,1-2H3. The van der Waals surface area contributed by atoms with Crippen molar-refractivity contribution < 1.29 is 4.52 Å². The predicted molar refractivity (Wildman–Crippen MR) is 75.3 cm³/mol. The van der Waals surface area contributed by atoms with Gasteiger partial charge in [0.2, 0.25) is 11.7 Å². The molecule has 98 valence electrons. The van der Waals surface area contributed by atoms with Crippen LogP contribution in [0.4, 0.5) is 0 Å². The van der Waals surface area contributed by atoms with Crippen LogP contribution in [0.15, 0.2) is 27.2 Å². The molecule has 0 aliphatic carbocycles. The number of nitrogens with zero attached hydrogens (tertiary/aromatic N) is 3. The highest BCUT2D eigenvalue weighted by Crippen LogP contribution is 2.27. The molecule has 19 heavy (non-hydrogen) atoms. The van der Waals surface area contributed by atoms with Crippen molar-refractivity contribution in [2.75, 3.05) is 0 Å². The molecule has 1 aromatic carbocycles. The molecule has 0 radical (unpaired) electrons. The summed E-state index contributed by atoms with van der Waals surface area (Å²) in [6, 6.07) is 8.14. The Labute approximate surface area is 120 Å². The molecule has 0 fully saturated rings. The third-order valence-electron chi connectivity index (χ3n) is 2.80. The van der Waals surface area contributed by atoms with E-state index in [1.165, 1.54) is 5.56 Å². The van der Waals surface area contributed by atoms with Crippen LogP contribution < -0.4 is 0 Å². The number of nitriles is 1. The van der Waals surface area contributed by atoms with E-state index in [2.05, 4.69) is 32.1 Å². The average Bonchev–Trinajstić information content (AvgIpc) is 2.77. The smallest absolute Gasteiger partial charge is 0.227 e. The molecule has 1 atom stereocenters. The Kier molecular flexibility index (Phi) is 4.33. The van der Waals surface area contributed by atoms with Crippen molar-refractivity contribution in [2.24, 2.45) is 5.92 Å². The predicted octanol–water partition coefficient (Wildman–Crippen LogP) is 3.90. The van der Waals surface area contributed by atoms with Crippen LogP contribution in [0.2, 0.25) is 0 Å². The Hall–Kier alpha value is -1.67. The Morgan fingerprint density at radius 2 is 2.26 bits per heavy atom. The first-order valence-electron chi connectivity index (χ1n) is 6.06. The zero-order valence-corrected chi connectivity index (χ0v) is 12.4. The van der Waals surface area contributed by atoms with E-state index >= 15 is 0 Å². The molecule has 0 N–H and O–H groups in total. The molecular formula is C14H14BrN3O. The molecule has 4 nitrogen and oxygen atoms in total. The summed E-state index contributed by atoms with van der Waals surface area (Å²) in [5.41, 5.74) is 2.08. The molecule has 1 aromatic heterocycles. The highest BCUT2D eigenvalue weighted by atomic mass is 79.9. The van der Waals surface area contributed by atoms with E-state index in [9.17, 15) is 0 Å². The van der Waals surface area contributed by atoms with Gasteiger partial charge in [0, 0.05) is 22.9 Å². The molecular weight excluding hydrogens is 306 g/mol. The fraction of sp³-hybridized carbons (Fsp3) is 0.357. The van der Waals surface area contributed by atoms with Gasteiger partial charge in [0.1, 0.15) is 0 Å². The molecule has 0 amide bonds. The third kappa shape index (κ3) is 3.42. The minimum Gasteiger partial charge on any atom is -0.339 e. The van der Waals surface area contributed by atoms with Crippen LogP contribution in [0, 0.1) is 24.2 Å². The second-order valence-corrected chi connectivity index (χ2v) is 5.52. The number of benzene rings is 1. The van der Waals surface area contributed by atoms with Crippen LogP contribution >= 0.6 is 15.9 Å². The Balaban J connectivity index is 2.19. The summed E-state index contributed by atoms with van der Waals surface area (Å²) < 4.78 is 6.18. The lowest BCUT2D eigenvalue weighted by Crippen LogP contribution is -1.98. The van der Waals surface area contributed by atoms with Crippen LogP contribution in [0.1, 0.15) is 24.8 Å². The van der Waals surface area contributed by atoms with Gasteiger partial charge in [0.05, 0.1) is 6.07 Å². The zero-order valence-electron chi connectivity index (χ0n) is 10.9. The lowest BCUT2D eigenvalue weighted by atomic mass is 10.1. The quantitative estimate of drug-likeness (QED) is 0.857. The van der Waals surface area contributed by atoms with Crippen LogP contribution in [0.3, 0.4) is 0 Å². The first-order valence-corrected chi connectivity index (χ1v) is 6.85. The normalized spacial score (nSPS) is 12.1. The summed E-state index contributed by atoms with van der Waals surface area (Å²) in [7, 11) is 0. The van der Waals surface area contributed by atoms with Crippen molar-refractivity contribution in [3.63, 3.8) is 0 Å². The van der Waals surface area contributed by atoms with Crippen LogP contribution in [0.5, 0.6) is 0 Å². The summed E-state index contributed by atoms with van der Waals surface area (Å²) in [4.78, 5) is 4.38. The van der Waals surface area contributed by atoms with Crippen molar-refractivity contribution in [3.8, 4) is 17.5 Å². The van der Waals surface area contributed by atoms with Gasteiger partial charge in [0.25, 0.3) is 0 Å². The second kappa shape index (κ2) is 5.98. The van der Waals surface area contributed by atoms with E-state index in [0.717, 1.165) is 10.0 Å². The molecule has 0 aliphatic rings. The van der Waals surface area contributed by atoms with Gasteiger partial charge in [-0.1, -0.05) is 34.1 Å². The number of hydrogen-bond acceptors (Lipinski definition) is 4. The second-order valence-electron chi connectivity index (χ2n) is 4.67. The number of aryl methyl sites for hydroxylation is 1. The van der Waals surface area contributed by atoms with Crippen molar-refractivity contribution in [2.45, 2.75) is 26.7 Å². The van der Waals surface area contributed by atoms with Gasteiger partial charge in [-0.25, -0.2) is 0 Å². The molecule has 5 heteroatoms. The van der Waals surface area contributed by atoms with Gasteiger partial charge >= 0.3 is 0 Å². The summed E-state index contributed by atoms with van der Waals surface area (Å²) >= 11 is 3.50. The van der Waals surface area contributed by atoms with Gasteiger partial charge in [-0.2, -0.15) is 10.2 Å². The largest absolute Gasteiger partial charge is 0.339 e. The van der Waals surface area contributed by atoms with Gasteiger partial charge in [-0.05, 0) is 30.5 Å². The molecule has 0 saturated carbocycles. The zero-order chi connectivity index (χ0) is 13.8. The molecule has 0 saturated heterocycles. The Bertz CT molecular complexity index is 615. The molecule has 0 bridgehead atoms. The van der Waals surface area contributed by atoms with Crippen LogP contribution in [-0.4, -0.2) is 10.1 Å². The summed E-state index contributed by atoms with van der Waals surface area (Å²) in [5.74, 6) is 1.37. The molecule has 0 spiro atoms. The molecule has 2 aromatic rings. The highest BCUT2D eigenvalue weighted by Gasteiger charge is 2.13. The van der Waals surface area contributed by atoms with E-state index in [1.54, 1.807) is 0 Å². The molecule has 1 unspecified atom stereocenters. The molecule has 0 aliphatic heterocycles. The van der Waals surface area contributed by atoms with Gasteiger partial charge in [-0.3, -0.25) is 0 Å². The van der Waals surface area contributed by atoms with Gasteiger partial charge < -0.3 is 4.52 Å². The molecule has 2 rings (SSSR count). The van der Waals surface area contributed by atoms with Crippen molar-refractivity contribution in [3.05, 3.63) is 34.1 Å². The van der Waals surface area contributed by atoms with Crippen molar-refractivity contribution in [1.82, 2.24) is 10.1 Å². The fourth-order valence-corrected chi connectivity index (χ4v) is 2.45. The van der Waals surface area contributed by atoms with Gasteiger partial charge in [0.15, 0.2) is 0 Å². The maximum atomic E-state index is 8.64. The van der Waals surface area contributed by atoms with E-state index in [4.69, 9.17) is 9.78 Å². The number of rotatable bonds is 4. The maximum absolute atomic E-state index is 8.64. The first kappa shape index (κ1) is 13.8. The summed E-state index contributed by atoms with van der Waals surface area (Å²) in [6.45, 7) is 4.02. The maximum Gasteiger partial charge on any atom is 0.227 e. The third-order valence-corrected chi connectivity index (χ3v) is 3.45. The lowest BCUT2D eigenvalue weighted by molar-refractivity contribution is 0.359. The summed E-state index contributed by atoms with van der Waals surface area (Å²) in [6.07, 6.45) is 1.12. The minimum atomic E-state index is 0.222. The minimum absolute atomic E-state index is 0.222. The first-order chi connectivity index (χ1) is 9.10. The SMILES string of the molecule is Cc1ccc(-c2noc(CC(C)CC#N)n2)c(Br)c1. The van der Waals surface area contributed by atoms with Crippen LogP contribution in [-0.2, 0) is 6.42 Å². The lowest BCUT2D eigenvalue weighted by Gasteiger charge is -2.01. The van der Waals surface area contributed by atoms with E-state index in [0.29, 0.717) is 24.6 Å². The van der Waals surface area contributed by atoms with E-state index in [1.807, 2.05) is 32.0 Å². The number of hydrogen-bond donors (Lipinski definition) is 0. The Morgan fingerprint density at radius 3 is 2.95 bits per heavy atom. The fourth-order valence-electron chi connectivity index (χ4n) is 1.77.